The highest BCUT2D eigenvalue weighted by atomic mass is 32.1. The topological polar surface area (TPSA) is 55.6 Å². The van der Waals surface area contributed by atoms with E-state index in [0.717, 1.165) is 17.2 Å². The molecule has 0 aliphatic carbocycles. The van der Waals surface area contributed by atoms with Crippen molar-refractivity contribution in [2.75, 3.05) is 12.2 Å². The maximum Gasteiger partial charge on any atom is 0.416 e. The van der Waals surface area contributed by atoms with Crippen LogP contribution in [0.4, 0.5) is 18.9 Å². The van der Waals surface area contributed by atoms with Crippen LogP contribution in [0.5, 0.6) is 0 Å². The number of anilines is 1. The van der Waals surface area contributed by atoms with Crippen molar-refractivity contribution in [1.82, 2.24) is 0 Å². The summed E-state index contributed by atoms with van der Waals surface area (Å²) >= 11 is 5.28. The molecule has 8 heteroatoms. The molecular formula is C16H13F3N2O2S. The number of primary amides is 1. The Morgan fingerprint density at radius 2 is 1.75 bits per heavy atom. The molecule has 2 rings (SSSR count). The van der Waals surface area contributed by atoms with Crippen molar-refractivity contribution in [2.24, 2.45) is 5.73 Å². The van der Waals surface area contributed by atoms with Crippen molar-refractivity contribution in [2.45, 2.75) is 6.18 Å². The number of alkyl halides is 3. The van der Waals surface area contributed by atoms with Gasteiger partial charge < -0.3 is 5.73 Å². The third-order valence-electron chi connectivity index (χ3n) is 3.20. The number of hydroxylamine groups is 1. The van der Waals surface area contributed by atoms with Gasteiger partial charge in [-0.25, -0.2) is 5.06 Å². The predicted molar refractivity (Wildman–Crippen MR) is 87.6 cm³/mol. The van der Waals surface area contributed by atoms with E-state index in [1.807, 2.05) is 0 Å². The van der Waals surface area contributed by atoms with Gasteiger partial charge in [-0.1, -0.05) is 36.5 Å². The molecule has 0 bridgehead atoms. The summed E-state index contributed by atoms with van der Waals surface area (Å²) in [6.45, 7) is 0. The molecule has 0 aliphatic heterocycles. The Bertz CT molecular complexity index is 778. The molecule has 0 aromatic heterocycles. The molecule has 0 saturated carbocycles. The van der Waals surface area contributed by atoms with Crippen molar-refractivity contribution in [3.8, 4) is 0 Å². The minimum Gasteiger partial charge on any atom is -0.366 e. The van der Waals surface area contributed by atoms with E-state index >= 15 is 0 Å². The summed E-state index contributed by atoms with van der Waals surface area (Å²) < 4.78 is 38.6. The second-order valence-corrected chi connectivity index (χ2v) is 5.13. The molecule has 0 atom stereocenters. The van der Waals surface area contributed by atoms with Gasteiger partial charge in [0, 0.05) is 11.1 Å². The van der Waals surface area contributed by atoms with Gasteiger partial charge in [-0.05, 0) is 24.3 Å². The summed E-state index contributed by atoms with van der Waals surface area (Å²) in [5.74, 6) is -0.701. The van der Waals surface area contributed by atoms with Gasteiger partial charge in [0.15, 0.2) is 0 Å². The number of carbonyl (C=O) groups is 1. The Hall–Kier alpha value is -2.45. The quantitative estimate of drug-likeness (QED) is 0.674. The van der Waals surface area contributed by atoms with Crippen molar-refractivity contribution in [1.29, 1.82) is 0 Å². The largest absolute Gasteiger partial charge is 0.416 e. The highest BCUT2D eigenvalue weighted by molar-refractivity contribution is 7.81. The van der Waals surface area contributed by atoms with Gasteiger partial charge in [0.2, 0.25) is 5.91 Å². The van der Waals surface area contributed by atoms with Crippen LogP contribution in [0, 0.1) is 0 Å². The second kappa shape index (κ2) is 6.98. The Morgan fingerprint density at radius 1 is 1.12 bits per heavy atom. The molecule has 0 spiro atoms. The molecule has 0 unspecified atom stereocenters. The van der Waals surface area contributed by atoms with Crippen LogP contribution in [0.3, 0.4) is 0 Å². The van der Waals surface area contributed by atoms with E-state index in [4.69, 9.17) is 22.8 Å². The molecule has 0 heterocycles. The van der Waals surface area contributed by atoms with Crippen molar-refractivity contribution < 1.29 is 22.8 Å². The number of hydrogen-bond acceptors (Lipinski definition) is 3. The zero-order valence-electron chi connectivity index (χ0n) is 12.5. The maximum atomic E-state index is 12.9. The minimum absolute atomic E-state index is 0.0197. The van der Waals surface area contributed by atoms with E-state index in [1.54, 1.807) is 18.2 Å². The number of amides is 1. The lowest BCUT2D eigenvalue weighted by Gasteiger charge is -2.24. The third-order valence-corrected chi connectivity index (χ3v) is 3.58. The van der Waals surface area contributed by atoms with Crippen molar-refractivity contribution in [3.05, 3.63) is 65.2 Å². The molecule has 0 radical (unpaired) electrons. The summed E-state index contributed by atoms with van der Waals surface area (Å²) in [6, 6.07) is 10.8. The molecule has 0 saturated heterocycles. The molecule has 1 amide bonds. The van der Waals surface area contributed by atoms with E-state index < -0.39 is 17.6 Å². The van der Waals surface area contributed by atoms with Crippen LogP contribution in [-0.2, 0) is 11.0 Å². The normalized spacial score (nSPS) is 11.2. The molecule has 2 aromatic carbocycles. The smallest absolute Gasteiger partial charge is 0.366 e. The summed E-state index contributed by atoms with van der Waals surface area (Å²) in [5.41, 5.74) is 4.99. The summed E-state index contributed by atoms with van der Waals surface area (Å²) in [5, 5.41) is 1.03. The van der Waals surface area contributed by atoms with Crippen LogP contribution in [0.1, 0.15) is 21.5 Å². The lowest BCUT2D eigenvalue weighted by Crippen LogP contribution is -2.31. The summed E-state index contributed by atoms with van der Waals surface area (Å²) in [7, 11) is 1.26. The van der Waals surface area contributed by atoms with Gasteiger partial charge in [-0.15, -0.1) is 0 Å². The Morgan fingerprint density at radius 3 is 2.29 bits per heavy atom. The Kier molecular flexibility index (Phi) is 5.20. The fourth-order valence-electron chi connectivity index (χ4n) is 2.11. The highest BCUT2D eigenvalue weighted by Gasteiger charge is 2.31. The van der Waals surface area contributed by atoms with Crippen LogP contribution >= 0.6 is 12.2 Å². The fourth-order valence-corrected chi connectivity index (χ4v) is 2.47. The predicted octanol–water partition coefficient (Wildman–Crippen LogP) is 3.55. The molecule has 4 nitrogen and oxygen atoms in total. The van der Waals surface area contributed by atoms with Gasteiger partial charge in [0.1, 0.15) is 4.99 Å². The number of carbonyl (C=O) groups excluding carboxylic acids is 1. The third kappa shape index (κ3) is 3.72. The molecule has 2 aromatic rings. The van der Waals surface area contributed by atoms with Crippen LogP contribution in [0.25, 0.3) is 0 Å². The lowest BCUT2D eigenvalue weighted by atomic mass is 10.1. The highest BCUT2D eigenvalue weighted by Crippen LogP contribution is 2.32. The van der Waals surface area contributed by atoms with E-state index in [-0.39, 0.29) is 16.2 Å². The molecule has 126 valence electrons. The van der Waals surface area contributed by atoms with E-state index in [0.29, 0.717) is 5.56 Å². The number of halogens is 3. The van der Waals surface area contributed by atoms with Crippen LogP contribution in [0.2, 0.25) is 0 Å². The van der Waals surface area contributed by atoms with Gasteiger partial charge in [0.25, 0.3) is 0 Å². The molecule has 24 heavy (non-hydrogen) atoms. The molecular weight excluding hydrogens is 341 g/mol. The van der Waals surface area contributed by atoms with Crippen LogP contribution in [0.15, 0.2) is 48.5 Å². The Balaban J connectivity index is 2.46. The number of nitrogens with two attached hydrogens (primary N) is 1. The minimum atomic E-state index is -4.50. The zero-order valence-corrected chi connectivity index (χ0v) is 13.3. The molecule has 0 aliphatic rings. The first-order valence-electron chi connectivity index (χ1n) is 6.70. The van der Waals surface area contributed by atoms with Crippen molar-refractivity contribution in [3.63, 3.8) is 0 Å². The number of thiocarbonyl (C=S) groups is 1. The Labute approximate surface area is 141 Å². The van der Waals surface area contributed by atoms with E-state index in [9.17, 15) is 18.0 Å². The lowest BCUT2D eigenvalue weighted by molar-refractivity contribution is -0.137. The van der Waals surface area contributed by atoms with E-state index in [2.05, 4.69) is 0 Å². The monoisotopic (exact) mass is 354 g/mol. The van der Waals surface area contributed by atoms with Gasteiger partial charge in [0.05, 0.1) is 18.4 Å². The first kappa shape index (κ1) is 17.9. The molecule has 0 fully saturated rings. The van der Waals surface area contributed by atoms with Gasteiger partial charge in [-0.3, -0.25) is 9.63 Å². The number of rotatable bonds is 4. The number of benzene rings is 2. The SMILES string of the molecule is CON(C(=S)c1ccccc1C(N)=O)c1cccc(C(F)(F)F)c1. The fraction of sp³-hybridized carbons (Fsp3) is 0.125. The summed E-state index contributed by atoms with van der Waals surface area (Å²) in [4.78, 5) is 16.7. The first-order valence-corrected chi connectivity index (χ1v) is 7.11. The molecule has 2 N–H and O–H groups in total. The number of hydrogen-bond donors (Lipinski definition) is 1. The standard InChI is InChI=1S/C16H13F3N2O2S/c1-23-21(11-6-4-5-10(9-11)16(17,18)19)15(24)13-8-3-2-7-12(13)14(20)22/h2-9H,1H3,(H2,20,22). The average Bonchev–Trinajstić information content (AvgIpc) is 2.55. The van der Waals surface area contributed by atoms with Gasteiger partial charge >= 0.3 is 6.18 Å². The second-order valence-electron chi connectivity index (χ2n) is 4.74. The number of nitrogens with zero attached hydrogens (tertiary/aromatic N) is 1. The zero-order chi connectivity index (χ0) is 17.9. The summed E-state index contributed by atoms with van der Waals surface area (Å²) in [6.07, 6.45) is -4.50. The van der Waals surface area contributed by atoms with Crippen molar-refractivity contribution >= 4 is 28.8 Å². The first-order chi connectivity index (χ1) is 11.3. The maximum absolute atomic E-state index is 12.9. The van der Waals surface area contributed by atoms with Crippen LogP contribution < -0.4 is 10.8 Å². The van der Waals surface area contributed by atoms with Crippen LogP contribution in [-0.4, -0.2) is 18.0 Å². The van der Waals surface area contributed by atoms with E-state index in [1.165, 1.54) is 25.3 Å². The van der Waals surface area contributed by atoms with Gasteiger partial charge in [-0.2, -0.15) is 13.2 Å². The average molecular weight is 354 g/mol.